The molecule has 0 unspecified atom stereocenters. The lowest BCUT2D eigenvalue weighted by molar-refractivity contribution is 0.355. The molecule has 0 atom stereocenters. The second-order valence-electron chi connectivity index (χ2n) is 4.99. The third-order valence-corrected chi connectivity index (χ3v) is 4.55. The molecule has 3 aromatic rings. The third kappa shape index (κ3) is 2.34. The summed E-state index contributed by atoms with van der Waals surface area (Å²) >= 11 is 1.63. The van der Waals surface area contributed by atoms with Crippen LogP contribution < -0.4 is 15.2 Å². The van der Waals surface area contributed by atoms with Gasteiger partial charge >= 0.3 is 0 Å². The first kappa shape index (κ1) is 14.9. The second-order valence-corrected chi connectivity index (χ2v) is 5.83. The van der Waals surface area contributed by atoms with Gasteiger partial charge in [-0.15, -0.1) is 11.3 Å². The van der Waals surface area contributed by atoms with Crippen molar-refractivity contribution in [3.8, 4) is 22.8 Å². The zero-order valence-corrected chi connectivity index (χ0v) is 13.7. The van der Waals surface area contributed by atoms with Crippen LogP contribution in [0.15, 0.2) is 23.6 Å². The number of imidazole rings is 1. The smallest absolute Gasteiger partial charge is 0.194 e. The van der Waals surface area contributed by atoms with Gasteiger partial charge < -0.3 is 15.2 Å². The number of methoxy groups -OCH3 is 2. The topological polar surface area (TPSA) is 61.8 Å². The Labute approximate surface area is 133 Å². The molecule has 0 bridgehead atoms. The van der Waals surface area contributed by atoms with E-state index in [1.165, 1.54) is 5.69 Å². The molecule has 6 heteroatoms. The molecule has 2 aromatic heterocycles. The van der Waals surface area contributed by atoms with E-state index in [2.05, 4.69) is 14.8 Å². The van der Waals surface area contributed by atoms with E-state index in [-0.39, 0.29) is 0 Å². The number of ether oxygens (including phenoxy) is 2. The molecule has 3 rings (SSSR count). The molecule has 0 aliphatic rings. The first-order chi connectivity index (χ1) is 10.7. The number of nitrogens with zero attached hydrogens (tertiary/aromatic N) is 2. The van der Waals surface area contributed by atoms with Crippen molar-refractivity contribution in [2.45, 2.75) is 13.3 Å². The van der Waals surface area contributed by atoms with Crippen molar-refractivity contribution < 1.29 is 9.47 Å². The van der Waals surface area contributed by atoms with Crippen molar-refractivity contribution in [2.75, 3.05) is 20.8 Å². The predicted octanol–water partition coefficient (Wildman–Crippen LogP) is 2.89. The fourth-order valence-corrected chi connectivity index (χ4v) is 3.61. The fourth-order valence-electron chi connectivity index (χ4n) is 2.65. The van der Waals surface area contributed by atoms with Gasteiger partial charge in [-0.05, 0) is 31.7 Å². The van der Waals surface area contributed by atoms with Gasteiger partial charge in [-0.3, -0.25) is 4.40 Å². The zero-order chi connectivity index (χ0) is 15.7. The number of aryl methyl sites for hydroxylation is 1. The highest BCUT2D eigenvalue weighted by atomic mass is 32.1. The van der Waals surface area contributed by atoms with Crippen molar-refractivity contribution in [2.24, 2.45) is 5.73 Å². The molecule has 0 spiro atoms. The maximum Gasteiger partial charge on any atom is 0.194 e. The van der Waals surface area contributed by atoms with E-state index in [9.17, 15) is 0 Å². The number of fused-ring (bicyclic) bond motifs is 1. The highest BCUT2D eigenvalue weighted by molar-refractivity contribution is 7.15. The largest absolute Gasteiger partial charge is 0.493 e. The average molecular weight is 317 g/mol. The van der Waals surface area contributed by atoms with E-state index in [0.717, 1.165) is 39.8 Å². The lowest BCUT2D eigenvalue weighted by Crippen LogP contribution is -2.06. The van der Waals surface area contributed by atoms with Crippen molar-refractivity contribution >= 4 is 16.3 Å². The summed E-state index contributed by atoms with van der Waals surface area (Å²) < 4.78 is 12.9. The minimum absolute atomic E-state index is 0.607. The van der Waals surface area contributed by atoms with Gasteiger partial charge in [0.25, 0.3) is 0 Å². The van der Waals surface area contributed by atoms with Crippen LogP contribution in [-0.4, -0.2) is 30.1 Å². The minimum Gasteiger partial charge on any atom is -0.493 e. The molecule has 0 radical (unpaired) electrons. The Morgan fingerprint density at radius 1 is 1.23 bits per heavy atom. The van der Waals surface area contributed by atoms with Gasteiger partial charge in [0, 0.05) is 23.1 Å². The average Bonchev–Trinajstić information content (AvgIpc) is 3.07. The lowest BCUT2D eigenvalue weighted by atomic mass is 10.1. The monoisotopic (exact) mass is 317 g/mol. The third-order valence-electron chi connectivity index (χ3n) is 3.72. The zero-order valence-electron chi connectivity index (χ0n) is 12.9. The van der Waals surface area contributed by atoms with Crippen LogP contribution in [0.2, 0.25) is 0 Å². The number of thiazole rings is 1. The van der Waals surface area contributed by atoms with E-state index >= 15 is 0 Å². The van der Waals surface area contributed by atoms with E-state index in [1.807, 2.05) is 25.1 Å². The van der Waals surface area contributed by atoms with Gasteiger partial charge in [-0.25, -0.2) is 4.98 Å². The SMILES string of the molecule is COc1ccc(-c2csc3nc(C)c(CCN)n23)cc1OC. The first-order valence-corrected chi connectivity index (χ1v) is 7.95. The molecule has 22 heavy (non-hydrogen) atoms. The van der Waals surface area contributed by atoms with Crippen molar-refractivity contribution in [1.82, 2.24) is 9.38 Å². The van der Waals surface area contributed by atoms with Crippen molar-refractivity contribution in [3.05, 3.63) is 35.0 Å². The molecular weight excluding hydrogens is 298 g/mol. The van der Waals surface area contributed by atoms with Crippen LogP contribution in [0.5, 0.6) is 11.5 Å². The van der Waals surface area contributed by atoms with Gasteiger partial charge in [0.05, 0.1) is 25.6 Å². The van der Waals surface area contributed by atoms with Crippen LogP contribution in [-0.2, 0) is 6.42 Å². The number of hydrogen-bond acceptors (Lipinski definition) is 5. The number of hydrogen-bond donors (Lipinski definition) is 1. The number of nitrogens with two attached hydrogens (primary N) is 1. The van der Waals surface area contributed by atoms with E-state index in [1.54, 1.807) is 25.6 Å². The molecule has 0 saturated carbocycles. The Bertz CT molecular complexity index is 807. The molecule has 2 N–H and O–H groups in total. The highest BCUT2D eigenvalue weighted by Crippen LogP contribution is 2.35. The van der Waals surface area contributed by atoms with Crippen LogP contribution in [0.1, 0.15) is 11.4 Å². The molecular formula is C16H19N3O2S. The molecule has 0 aliphatic heterocycles. The maximum atomic E-state index is 5.75. The summed E-state index contributed by atoms with van der Waals surface area (Å²) in [6.45, 7) is 2.64. The van der Waals surface area contributed by atoms with Crippen LogP contribution in [0, 0.1) is 6.92 Å². The molecule has 5 nitrogen and oxygen atoms in total. The maximum absolute atomic E-state index is 5.75. The Balaban J connectivity index is 2.17. The van der Waals surface area contributed by atoms with Crippen LogP contribution in [0.3, 0.4) is 0 Å². The van der Waals surface area contributed by atoms with Gasteiger partial charge in [0.15, 0.2) is 16.5 Å². The van der Waals surface area contributed by atoms with E-state index < -0.39 is 0 Å². The highest BCUT2D eigenvalue weighted by Gasteiger charge is 2.16. The summed E-state index contributed by atoms with van der Waals surface area (Å²) in [7, 11) is 3.28. The van der Waals surface area contributed by atoms with E-state index in [0.29, 0.717) is 6.54 Å². The van der Waals surface area contributed by atoms with Gasteiger partial charge in [0.1, 0.15) is 0 Å². The quantitative estimate of drug-likeness (QED) is 0.786. The fraction of sp³-hybridized carbons (Fsp3) is 0.312. The summed E-state index contributed by atoms with van der Waals surface area (Å²) in [6.07, 6.45) is 0.810. The van der Waals surface area contributed by atoms with Crippen molar-refractivity contribution in [1.29, 1.82) is 0 Å². The van der Waals surface area contributed by atoms with Crippen molar-refractivity contribution in [3.63, 3.8) is 0 Å². The van der Waals surface area contributed by atoms with Gasteiger partial charge in [-0.1, -0.05) is 0 Å². The first-order valence-electron chi connectivity index (χ1n) is 7.07. The Hall–Kier alpha value is -2.05. The molecule has 116 valence electrons. The summed E-state index contributed by atoms with van der Waals surface area (Å²) in [5.41, 5.74) is 10.1. The Morgan fingerprint density at radius 3 is 2.68 bits per heavy atom. The molecule has 0 aliphatic carbocycles. The number of rotatable bonds is 5. The summed E-state index contributed by atoms with van der Waals surface area (Å²) in [4.78, 5) is 5.62. The van der Waals surface area contributed by atoms with Crippen LogP contribution in [0.25, 0.3) is 16.2 Å². The number of aromatic nitrogens is 2. The second kappa shape index (κ2) is 5.98. The summed E-state index contributed by atoms with van der Waals surface area (Å²) in [6, 6.07) is 5.94. The standard InChI is InChI=1S/C16H19N3O2S/c1-10-12(6-7-17)19-13(9-22-16(19)18-10)11-4-5-14(20-2)15(8-11)21-3/h4-5,8-9H,6-7,17H2,1-3H3. The summed E-state index contributed by atoms with van der Waals surface area (Å²) in [5.74, 6) is 1.44. The molecule has 2 heterocycles. The predicted molar refractivity (Wildman–Crippen MR) is 89.1 cm³/mol. The van der Waals surface area contributed by atoms with E-state index in [4.69, 9.17) is 15.2 Å². The number of benzene rings is 1. The Kier molecular flexibility index (Phi) is 4.04. The van der Waals surface area contributed by atoms with Gasteiger partial charge in [0.2, 0.25) is 0 Å². The van der Waals surface area contributed by atoms with Gasteiger partial charge in [-0.2, -0.15) is 0 Å². The lowest BCUT2D eigenvalue weighted by Gasteiger charge is -2.10. The Morgan fingerprint density at radius 2 is 2.00 bits per heavy atom. The molecule has 0 saturated heterocycles. The molecule has 0 fully saturated rings. The molecule has 0 amide bonds. The minimum atomic E-state index is 0.607. The molecule has 1 aromatic carbocycles. The summed E-state index contributed by atoms with van der Waals surface area (Å²) in [5, 5.41) is 2.11. The normalized spacial score (nSPS) is 11.1. The van der Waals surface area contributed by atoms with Crippen LogP contribution in [0.4, 0.5) is 0 Å². The van der Waals surface area contributed by atoms with Crippen LogP contribution >= 0.6 is 11.3 Å².